The van der Waals surface area contributed by atoms with E-state index in [0.717, 1.165) is 4.47 Å². The van der Waals surface area contributed by atoms with E-state index >= 15 is 0 Å². The smallest absolute Gasteiger partial charge is 0.255 e. The first-order chi connectivity index (χ1) is 11.1. The van der Waals surface area contributed by atoms with E-state index in [4.69, 9.17) is 0 Å². The molecule has 0 spiro atoms. The van der Waals surface area contributed by atoms with E-state index < -0.39 is 0 Å². The van der Waals surface area contributed by atoms with E-state index in [9.17, 15) is 9.18 Å². The molecule has 3 rings (SSSR count). The molecular formula is C15H11BrFN5O. The highest BCUT2D eigenvalue weighted by atomic mass is 79.9. The molecule has 3 aromatic rings. The Balaban J connectivity index is 1.81. The molecule has 0 fully saturated rings. The van der Waals surface area contributed by atoms with E-state index in [-0.39, 0.29) is 18.3 Å². The number of carbonyl (C=O) groups is 1. The van der Waals surface area contributed by atoms with Gasteiger partial charge in [-0.25, -0.2) is 19.0 Å². The quantitative estimate of drug-likeness (QED) is 0.760. The number of carbonyl (C=O) groups excluding carboxylic acids is 1. The van der Waals surface area contributed by atoms with Crippen LogP contribution in [0.25, 0.3) is 5.82 Å². The first-order valence-electron chi connectivity index (χ1n) is 6.67. The monoisotopic (exact) mass is 375 g/mol. The fraction of sp³-hybridized carbons (Fsp3) is 0.0667. The van der Waals surface area contributed by atoms with Gasteiger partial charge in [0.1, 0.15) is 18.5 Å². The maximum Gasteiger partial charge on any atom is 0.255 e. The Morgan fingerprint density at radius 3 is 3.00 bits per heavy atom. The van der Waals surface area contributed by atoms with Gasteiger partial charge in [0, 0.05) is 17.2 Å². The summed E-state index contributed by atoms with van der Waals surface area (Å²) in [6.07, 6.45) is 4.39. The molecule has 0 aliphatic carbocycles. The Kier molecular flexibility index (Phi) is 4.42. The highest BCUT2D eigenvalue weighted by Gasteiger charge is 2.14. The summed E-state index contributed by atoms with van der Waals surface area (Å²) in [5, 5.41) is 6.73. The number of rotatable bonds is 4. The van der Waals surface area contributed by atoms with Crippen molar-refractivity contribution in [3.05, 3.63) is 70.6 Å². The Morgan fingerprint density at radius 1 is 1.35 bits per heavy atom. The maximum atomic E-state index is 13.3. The minimum atomic E-state index is -0.359. The third kappa shape index (κ3) is 3.42. The zero-order chi connectivity index (χ0) is 16.2. The highest BCUT2D eigenvalue weighted by molar-refractivity contribution is 9.10. The van der Waals surface area contributed by atoms with Crippen LogP contribution in [0, 0.1) is 5.82 Å². The van der Waals surface area contributed by atoms with Crippen LogP contribution in [0.5, 0.6) is 0 Å². The van der Waals surface area contributed by atoms with Crippen molar-refractivity contribution in [1.82, 2.24) is 25.1 Å². The van der Waals surface area contributed by atoms with Gasteiger partial charge < -0.3 is 5.32 Å². The topological polar surface area (TPSA) is 72.7 Å². The number of halogens is 2. The molecule has 0 saturated carbocycles. The van der Waals surface area contributed by atoms with E-state index in [1.54, 1.807) is 24.4 Å². The van der Waals surface area contributed by atoms with E-state index in [1.807, 2.05) is 0 Å². The molecule has 23 heavy (non-hydrogen) atoms. The van der Waals surface area contributed by atoms with Gasteiger partial charge in [-0.1, -0.05) is 15.9 Å². The van der Waals surface area contributed by atoms with Crippen LogP contribution < -0.4 is 5.32 Å². The second kappa shape index (κ2) is 6.66. The van der Waals surface area contributed by atoms with Crippen LogP contribution in [0.3, 0.4) is 0 Å². The lowest BCUT2D eigenvalue weighted by molar-refractivity contribution is 0.0950. The predicted molar refractivity (Wildman–Crippen MR) is 84.4 cm³/mol. The van der Waals surface area contributed by atoms with Crippen LogP contribution in [0.2, 0.25) is 0 Å². The summed E-state index contributed by atoms with van der Waals surface area (Å²) in [6.45, 7) is 0.183. The van der Waals surface area contributed by atoms with Crippen LogP contribution >= 0.6 is 15.9 Å². The molecule has 0 aliphatic heterocycles. The average molecular weight is 376 g/mol. The largest absolute Gasteiger partial charge is 0.348 e. The van der Waals surface area contributed by atoms with E-state index in [2.05, 4.69) is 36.3 Å². The van der Waals surface area contributed by atoms with Crippen LogP contribution in [0.15, 0.2) is 53.7 Å². The number of pyridine rings is 1. The summed E-state index contributed by atoms with van der Waals surface area (Å²) in [7, 11) is 0. The van der Waals surface area contributed by atoms with Crippen molar-refractivity contribution in [1.29, 1.82) is 0 Å². The second-order valence-corrected chi connectivity index (χ2v) is 5.49. The first-order valence-corrected chi connectivity index (χ1v) is 7.46. The normalized spacial score (nSPS) is 10.5. The summed E-state index contributed by atoms with van der Waals surface area (Å²) in [6, 6.07) is 7.61. The molecule has 2 aromatic heterocycles. The van der Waals surface area contributed by atoms with Crippen molar-refractivity contribution >= 4 is 21.8 Å². The van der Waals surface area contributed by atoms with Gasteiger partial charge in [-0.15, -0.1) is 0 Å². The molecule has 0 radical (unpaired) electrons. The fourth-order valence-corrected chi connectivity index (χ4v) is 2.41. The summed E-state index contributed by atoms with van der Waals surface area (Å²) in [4.78, 5) is 20.4. The van der Waals surface area contributed by atoms with Crippen molar-refractivity contribution in [2.45, 2.75) is 6.54 Å². The number of amides is 1. The molecule has 0 bridgehead atoms. The number of benzene rings is 1. The predicted octanol–water partition coefficient (Wildman–Crippen LogP) is 2.49. The minimum absolute atomic E-state index is 0.183. The fourth-order valence-electron chi connectivity index (χ4n) is 2.02. The van der Waals surface area contributed by atoms with Gasteiger partial charge in [-0.2, -0.15) is 5.10 Å². The zero-order valence-corrected chi connectivity index (χ0v) is 13.4. The number of nitrogens with zero attached hydrogens (tertiary/aromatic N) is 4. The SMILES string of the molecule is O=C(NCc1cc(F)ccc1Br)c1cccnc1-n1cncn1. The van der Waals surface area contributed by atoms with E-state index in [0.29, 0.717) is 16.9 Å². The molecule has 0 unspecified atom stereocenters. The van der Waals surface area contributed by atoms with Gasteiger partial charge in [0.05, 0.1) is 5.56 Å². The van der Waals surface area contributed by atoms with Crippen molar-refractivity contribution in [3.8, 4) is 5.82 Å². The molecule has 0 saturated heterocycles. The summed E-state index contributed by atoms with van der Waals surface area (Å²) in [5.41, 5.74) is 0.995. The van der Waals surface area contributed by atoms with Gasteiger partial charge in [-0.05, 0) is 35.9 Å². The van der Waals surface area contributed by atoms with Gasteiger partial charge in [0.2, 0.25) is 0 Å². The van der Waals surface area contributed by atoms with Gasteiger partial charge >= 0.3 is 0 Å². The van der Waals surface area contributed by atoms with Crippen molar-refractivity contribution in [2.24, 2.45) is 0 Å². The van der Waals surface area contributed by atoms with Gasteiger partial charge in [-0.3, -0.25) is 4.79 Å². The Bertz CT molecular complexity index is 838. The molecule has 1 N–H and O–H groups in total. The molecule has 1 aromatic carbocycles. The van der Waals surface area contributed by atoms with Crippen molar-refractivity contribution in [3.63, 3.8) is 0 Å². The lowest BCUT2D eigenvalue weighted by Gasteiger charge is -2.10. The summed E-state index contributed by atoms with van der Waals surface area (Å²) in [5.74, 6) is -0.317. The van der Waals surface area contributed by atoms with Crippen LogP contribution in [0.1, 0.15) is 15.9 Å². The molecule has 2 heterocycles. The maximum absolute atomic E-state index is 13.3. The molecule has 6 nitrogen and oxygen atoms in total. The van der Waals surface area contributed by atoms with E-state index in [1.165, 1.54) is 29.5 Å². The molecule has 0 atom stereocenters. The average Bonchev–Trinajstić information content (AvgIpc) is 3.10. The Labute approximate surface area is 139 Å². The number of hydrogen-bond acceptors (Lipinski definition) is 4. The zero-order valence-electron chi connectivity index (χ0n) is 11.8. The molecule has 1 amide bonds. The van der Waals surface area contributed by atoms with Crippen LogP contribution in [0.4, 0.5) is 4.39 Å². The third-order valence-electron chi connectivity index (χ3n) is 3.11. The third-order valence-corrected chi connectivity index (χ3v) is 3.89. The van der Waals surface area contributed by atoms with Crippen molar-refractivity contribution in [2.75, 3.05) is 0 Å². The summed E-state index contributed by atoms with van der Waals surface area (Å²) >= 11 is 3.33. The number of nitrogens with one attached hydrogen (secondary N) is 1. The second-order valence-electron chi connectivity index (χ2n) is 4.63. The molecule has 116 valence electrons. The number of aromatic nitrogens is 4. The van der Waals surface area contributed by atoms with Crippen molar-refractivity contribution < 1.29 is 9.18 Å². The minimum Gasteiger partial charge on any atom is -0.348 e. The standard InChI is InChI=1S/C15H11BrFN5O/c16-13-4-3-11(17)6-10(13)7-20-15(23)12-2-1-5-19-14(12)22-9-18-8-21-22/h1-6,8-9H,7H2,(H,20,23). The van der Waals surface area contributed by atoms with Gasteiger partial charge in [0.25, 0.3) is 5.91 Å². The summed E-state index contributed by atoms with van der Waals surface area (Å²) < 4.78 is 15.4. The Hall–Kier alpha value is -2.61. The molecule has 8 heteroatoms. The highest BCUT2D eigenvalue weighted by Crippen LogP contribution is 2.18. The first kappa shape index (κ1) is 15.3. The molecular weight excluding hydrogens is 365 g/mol. The van der Waals surface area contributed by atoms with Gasteiger partial charge in [0.15, 0.2) is 5.82 Å². The Morgan fingerprint density at radius 2 is 2.22 bits per heavy atom. The molecule has 0 aliphatic rings. The van der Waals surface area contributed by atoms with Crippen LogP contribution in [-0.4, -0.2) is 25.7 Å². The lowest BCUT2D eigenvalue weighted by Crippen LogP contribution is -2.25. The van der Waals surface area contributed by atoms with Crippen LogP contribution in [-0.2, 0) is 6.54 Å². The lowest BCUT2D eigenvalue weighted by atomic mass is 10.2. The number of hydrogen-bond donors (Lipinski definition) is 1.